The summed E-state index contributed by atoms with van der Waals surface area (Å²) in [5.41, 5.74) is -1.18. The van der Waals surface area contributed by atoms with Crippen molar-refractivity contribution in [2.24, 2.45) is 0 Å². The molecule has 0 aliphatic heterocycles. The maximum atomic E-state index is 12.9. The number of H-pyrrole nitrogens is 1. The first-order valence-corrected chi connectivity index (χ1v) is 5.31. The molecule has 0 aliphatic rings. The van der Waals surface area contributed by atoms with Gasteiger partial charge in [-0.1, -0.05) is 12.1 Å². The van der Waals surface area contributed by atoms with E-state index in [1.165, 1.54) is 25.3 Å². The van der Waals surface area contributed by atoms with Gasteiger partial charge in [0.2, 0.25) is 0 Å². The Balaban J connectivity index is 2.76. The molecule has 102 valence electrons. The SMILES string of the molecule is COc1cccc2c(CC(=O)O)c(C(F)(F)F)[nH]c12. The van der Waals surface area contributed by atoms with Crippen LogP contribution in [0.2, 0.25) is 0 Å². The van der Waals surface area contributed by atoms with Gasteiger partial charge in [-0.3, -0.25) is 4.79 Å². The maximum Gasteiger partial charge on any atom is 0.431 e. The van der Waals surface area contributed by atoms with Crippen molar-refractivity contribution in [1.29, 1.82) is 0 Å². The lowest BCUT2D eigenvalue weighted by atomic mass is 10.1. The van der Waals surface area contributed by atoms with Gasteiger partial charge < -0.3 is 14.8 Å². The molecule has 2 aromatic rings. The minimum Gasteiger partial charge on any atom is -0.495 e. The Hall–Kier alpha value is -2.18. The first-order valence-electron chi connectivity index (χ1n) is 5.31. The van der Waals surface area contributed by atoms with Crippen molar-refractivity contribution in [2.75, 3.05) is 7.11 Å². The average Bonchev–Trinajstić information content (AvgIpc) is 2.67. The third-order valence-electron chi connectivity index (χ3n) is 2.73. The van der Waals surface area contributed by atoms with Crippen LogP contribution in [-0.2, 0) is 17.4 Å². The van der Waals surface area contributed by atoms with Crippen molar-refractivity contribution in [3.05, 3.63) is 29.5 Å². The van der Waals surface area contributed by atoms with Crippen molar-refractivity contribution < 1.29 is 27.8 Å². The molecule has 19 heavy (non-hydrogen) atoms. The second kappa shape index (κ2) is 4.49. The highest BCUT2D eigenvalue weighted by atomic mass is 19.4. The zero-order chi connectivity index (χ0) is 14.2. The number of carboxylic acid groups (broad SMARTS) is 1. The number of hydrogen-bond donors (Lipinski definition) is 2. The Morgan fingerprint density at radius 1 is 1.42 bits per heavy atom. The van der Waals surface area contributed by atoms with E-state index in [4.69, 9.17) is 9.84 Å². The molecule has 0 amide bonds. The summed E-state index contributed by atoms with van der Waals surface area (Å²) >= 11 is 0. The number of benzene rings is 1. The van der Waals surface area contributed by atoms with E-state index in [2.05, 4.69) is 4.98 Å². The maximum absolute atomic E-state index is 12.9. The predicted octanol–water partition coefficient (Wildman–Crippen LogP) is 2.82. The summed E-state index contributed by atoms with van der Waals surface area (Å²) in [5.74, 6) is -1.09. The Kier molecular flexibility index (Phi) is 3.13. The summed E-state index contributed by atoms with van der Waals surface area (Å²) in [5, 5.41) is 8.95. The quantitative estimate of drug-likeness (QED) is 0.903. The highest BCUT2D eigenvalue weighted by Gasteiger charge is 2.37. The molecule has 1 aromatic carbocycles. The van der Waals surface area contributed by atoms with Crippen molar-refractivity contribution >= 4 is 16.9 Å². The fraction of sp³-hybridized carbons (Fsp3) is 0.250. The van der Waals surface area contributed by atoms with E-state index in [0.717, 1.165) is 0 Å². The monoisotopic (exact) mass is 273 g/mol. The van der Waals surface area contributed by atoms with Gasteiger partial charge in [0.1, 0.15) is 11.4 Å². The van der Waals surface area contributed by atoms with Gasteiger partial charge in [-0.25, -0.2) is 0 Å². The van der Waals surface area contributed by atoms with E-state index in [-0.39, 0.29) is 22.2 Å². The second-order valence-electron chi connectivity index (χ2n) is 3.93. The van der Waals surface area contributed by atoms with E-state index < -0.39 is 24.3 Å². The normalized spacial score (nSPS) is 11.8. The van der Waals surface area contributed by atoms with Crippen LogP contribution in [0.5, 0.6) is 5.75 Å². The van der Waals surface area contributed by atoms with Crippen LogP contribution >= 0.6 is 0 Å². The zero-order valence-corrected chi connectivity index (χ0v) is 9.84. The lowest BCUT2D eigenvalue weighted by Gasteiger charge is -2.06. The zero-order valence-electron chi connectivity index (χ0n) is 9.84. The lowest BCUT2D eigenvalue weighted by molar-refractivity contribution is -0.142. The molecular formula is C12H10F3NO3. The summed E-state index contributed by atoms with van der Waals surface area (Å²) in [6.07, 6.45) is -5.35. The van der Waals surface area contributed by atoms with E-state index in [1.807, 2.05) is 0 Å². The van der Waals surface area contributed by atoms with Crippen LogP contribution < -0.4 is 4.74 Å². The molecule has 4 nitrogen and oxygen atoms in total. The molecule has 2 N–H and O–H groups in total. The summed E-state index contributed by atoms with van der Waals surface area (Å²) in [7, 11) is 1.33. The fourth-order valence-electron chi connectivity index (χ4n) is 1.99. The van der Waals surface area contributed by atoms with E-state index in [9.17, 15) is 18.0 Å². The number of alkyl halides is 3. The van der Waals surface area contributed by atoms with Gasteiger partial charge in [0, 0.05) is 10.9 Å². The predicted molar refractivity (Wildman–Crippen MR) is 61.2 cm³/mol. The van der Waals surface area contributed by atoms with Crippen molar-refractivity contribution in [3.63, 3.8) is 0 Å². The molecule has 0 radical (unpaired) electrons. The lowest BCUT2D eigenvalue weighted by Crippen LogP contribution is -2.11. The molecule has 0 saturated heterocycles. The number of aromatic nitrogens is 1. The van der Waals surface area contributed by atoms with Gasteiger partial charge in [0.05, 0.1) is 19.0 Å². The molecular weight excluding hydrogens is 263 g/mol. The van der Waals surface area contributed by atoms with Gasteiger partial charge in [-0.05, 0) is 6.07 Å². The summed E-state index contributed by atoms with van der Waals surface area (Å²) in [6, 6.07) is 4.45. The largest absolute Gasteiger partial charge is 0.495 e. The van der Waals surface area contributed by atoms with Gasteiger partial charge >= 0.3 is 12.1 Å². The number of carboxylic acids is 1. The summed E-state index contributed by atoms with van der Waals surface area (Å²) in [6.45, 7) is 0. The standard InChI is InChI=1S/C12H10F3NO3/c1-19-8-4-2-3-6-7(5-9(17)18)11(12(13,14)15)16-10(6)8/h2-4,16H,5H2,1H3,(H,17,18). The fourth-order valence-corrected chi connectivity index (χ4v) is 1.99. The number of nitrogens with one attached hydrogen (secondary N) is 1. The molecule has 2 rings (SSSR count). The summed E-state index contributed by atoms with van der Waals surface area (Å²) < 4.78 is 43.7. The number of para-hydroxylation sites is 1. The third-order valence-corrected chi connectivity index (χ3v) is 2.73. The first kappa shape index (κ1) is 13.3. The van der Waals surface area contributed by atoms with Crippen LogP contribution in [0.4, 0.5) is 13.2 Å². The van der Waals surface area contributed by atoms with Crippen LogP contribution in [0.1, 0.15) is 11.3 Å². The number of rotatable bonds is 3. The van der Waals surface area contributed by atoms with Crippen LogP contribution in [-0.4, -0.2) is 23.2 Å². The van der Waals surface area contributed by atoms with Gasteiger partial charge in [-0.2, -0.15) is 13.2 Å². The smallest absolute Gasteiger partial charge is 0.431 e. The Morgan fingerprint density at radius 2 is 2.11 bits per heavy atom. The number of hydrogen-bond acceptors (Lipinski definition) is 2. The molecule has 0 saturated carbocycles. The topological polar surface area (TPSA) is 62.3 Å². The molecule has 0 spiro atoms. The second-order valence-corrected chi connectivity index (χ2v) is 3.93. The van der Waals surface area contributed by atoms with Crippen LogP contribution in [0, 0.1) is 0 Å². The van der Waals surface area contributed by atoms with Crippen molar-refractivity contribution in [1.82, 2.24) is 4.98 Å². The van der Waals surface area contributed by atoms with Gasteiger partial charge in [0.25, 0.3) is 0 Å². The third kappa shape index (κ3) is 2.35. The van der Waals surface area contributed by atoms with Crippen LogP contribution in [0.15, 0.2) is 18.2 Å². The van der Waals surface area contributed by atoms with Crippen molar-refractivity contribution in [3.8, 4) is 5.75 Å². The molecule has 1 heterocycles. The van der Waals surface area contributed by atoms with E-state index >= 15 is 0 Å². The minimum absolute atomic E-state index is 0.147. The van der Waals surface area contributed by atoms with E-state index in [1.54, 1.807) is 0 Å². The summed E-state index contributed by atoms with van der Waals surface area (Å²) in [4.78, 5) is 12.9. The molecule has 7 heteroatoms. The number of aromatic amines is 1. The Labute approximate surface area is 105 Å². The molecule has 1 aromatic heterocycles. The number of fused-ring (bicyclic) bond motifs is 1. The Bertz CT molecular complexity index is 631. The minimum atomic E-state index is -4.64. The van der Waals surface area contributed by atoms with E-state index in [0.29, 0.717) is 0 Å². The average molecular weight is 273 g/mol. The molecule has 0 unspecified atom stereocenters. The number of aliphatic carboxylic acids is 1. The molecule has 0 aliphatic carbocycles. The molecule has 0 fully saturated rings. The highest BCUT2D eigenvalue weighted by molar-refractivity contribution is 5.92. The highest BCUT2D eigenvalue weighted by Crippen LogP contribution is 2.38. The van der Waals surface area contributed by atoms with Gasteiger partial charge in [-0.15, -0.1) is 0 Å². The number of halogens is 3. The number of ether oxygens (including phenoxy) is 1. The number of methoxy groups -OCH3 is 1. The Morgan fingerprint density at radius 3 is 2.63 bits per heavy atom. The van der Waals surface area contributed by atoms with Gasteiger partial charge in [0.15, 0.2) is 0 Å². The first-order chi connectivity index (χ1) is 8.84. The number of carbonyl (C=O) groups is 1. The molecule has 0 bridgehead atoms. The van der Waals surface area contributed by atoms with Crippen LogP contribution in [0.25, 0.3) is 10.9 Å². The van der Waals surface area contributed by atoms with Crippen LogP contribution in [0.3, 0.4) is 0 Å². The molecule has 0 atom stereocenters. The van der Waals surface area contributed by atoms with Crippen molar-refractivity contribution in [2.45, 2.75) is 12.6 Å².